The summed E-state index contributed by atoms with van der Waals surface area (Å²) in [6.07, 6.45) is 2.32. The van der Waals surface area contributed by atoms with Crippen molar-refractivity contribution in [2.45, 2.75) is 32.7 Å². The number of benzene rings is 2. The molecule has 1 heterocycles. The SMILES string of the molecule is Cc1ccc(NC(=O)C(=O)NC[C@@H](c2ccc(N(C)C)cc2)N2CCCC2)cc1C. The van der Waals surface area contributed by atoms with Crippen LogP contribution in [0.15, 0.2) is 42.5 Å². The number of carbonyl (C=O) groups is 2. The molecule has 1 atom stereocenters. The quantitative estimate of drug-likeness (QED) is 0.720. The van der Waals surface area contributed by atoms with Gasteiger partial charge in [0.25, 0.3) is 0 Å². The number of carbonyl (C=O) groups excluding carboxylic acids is 2. The maximum atomic E-state index is 12.4. The van der Waals surface area contributed by atoms with E-state index in [1.165, 1.54) is 0 Å². The number of likely N-dealkylation sites (tertiary alicyclic amines) is 1. The molecule has 2 aromatic carbocycles. The molecule has 1 saturated heterocycles. The molecular weight excluding hydrogens is 376 g/mol. The van der Waals surface area contributed by atoms with Crippen molar-refractivity contribution in [1.29, 1.82) is 0 Å². The molecule has 2 aromatic rings. The van der Waals surface area contributed by atoms with Crippen molar-refractivity contribution >= 4 is 23.2 Å². The van der Waals surface area contributed by atoms with Crippen molar-refractivity contribution < 1.29 is 9.59 Å². The molecular formula is C24H32N4O2. The summed E-state index contributed by atoms with van der Waals surface area (Å²) in [6.45, 7) is 6.40. The molecule has 160 valence electrons. The first-order valence-electron chi connectivity index (χ1n) is 10.5. The average Bonchev–Trinajstić information content (AvgIpc) is 3.25. The number of nitrogens with zero attached hydrogens (tertiary/aromatic N) is 2. The predicted octanol–water partition coefficient (Wildman–Crippen LogP) is 3.26. The van der Waals surface area contributed by atoms with Crippen LogP contribution in [-0.2, 0) is 9.59 Å². The van der Waals surface area contributed by atoms with E-state index >= 15 is 0 Å². The standard InChI is InChI=1S/C24H32N4O2/c1-17-7-10-20(15-18(17)2)26-24(30)23(29)25-16-22(28-13-5-6-14-28)19-8-11-21(12-9-19)27(3)4/h7-12,15,22H,5-6,13-14,16H2,1-4H3,(H,25,29)(H,26,30)/t22-/m0/s1. The van der Waals surface area contributed by atoms with E-state index in [0.717, 1.165) is 48.3 Å². The normalized spacial score (nSPS) is 14.9. The number of hydrogen-bond acceptors (Lipinski definition) is 4. The third kappa shape index (κ3) is 5.39. The Labute approximate surface area is 179 Å². The molecule has 0 bridgehead atoms. The highest BCUT2D eigenvalue weighted by atomic mass is 16.2. The van der Waals surface area contributed by atoms with Crippen LogP contribution in [0, 0.1) is 13.8 Å². The van der Waals surface area contributed by atoms with E-state index in [-0.39, 0.29) is 6.04 Å². The number of nitrogens with one attached hydrogen (secondary N) is 2. The Bertz CT molecular complexity index is 887. The molecule has 3 rings (SSSR count). The fraction of sp³-hybridized carbons (Fsp3) is 0.417. The molecule has 0 spiro atoms. The van der Waals surface area contributed by atoms with Gasteiger partial charge in [-0.25, -0.2) is 0 Å². The van der Waals surface area contributed by atoms with Crippen LogP contribution in [0.5, 0.6) is 0 Å². The van der Waals surface area contributed by atoms with Gasteiger partial charge >= 0.3 is 11.8 Å². The van der Waals surface area contributed by atoms with Gasteiger partial charge < -0.3 is 15.5 Å². The maximum absolute atomic E-state index is 12.4. The van der Waals surface area contributed by atoms with Gasteiger partial charge in [0.2, 0.25) is 0 Å². The second kappa shape index (κ2) is 9.76. The van der Waals surface area contributed by atoms with E-state index in [1.54, 1.807) is 0 Å². The first-order chi connectivity index (χ1) is 14.3. The number of amides is 2. The summed E-state index contributed by atoms with van der Waals surface area (Å²) in [6, 6.07) is 14.1. The number of anilines is 2. The van der Waals surface area contributed by atoms with Crippen molar-refractivity contribution in [3.8, 4) is 0 Å². The van der Waals surface area contributed by atoms with E-state index in [2.05, 4.69) is 44.7 Å². The predicted molar refractivity (Wildman–Crippen MR) is 122 cm³/mol. The fourth-order valence-corrected chi connectivity index (χ4v) is 3.78. The zero-order chi connectivity index (χ0) is 21.7. The summed E-state index contributed by atoms with van der Waals surface area (Å²) in [5.74, 6) is -1.25. The van der Waals surface area contributed by atoms with E-state index in [0.29, 0.717) is 12.2 Å². The third-order valence-electron chi connectivity index (χ3n) is 5.80. The van der Waals surface area contributed by atoms with Crippen LogP contribution >= 0.6 is 0 Å². The van der Waals surface area contributed by atoms with Crippen LogP contribution in [0.25, 0.3) is 0 Å². The van der Waals surface area contributed by atoms with E-state index in [1.807, 2.05) is 46.1 Å². The molecule has 0 saturated carbocycles. The Kier molecular flexibility index (Phi) is 7.11. The molecule has 0 radical (unpaired) electrons. The largest absolute Gasteiger partial charge is 0.378 e. The van der Waals surface area contributed by atoms with Crippen molar-refractivity contribution in [1.82, 2.24) is 10.2 Å². The first kappa shape index (κ1) is 21.8. The summed E-state index contributed by atoms with van der Waals surface area (Å²) in [5, 5.41) is 5.53. The smallest absolute Gasteiger partial charge is 0.313 e. The topological polar surface area (TPSA) is 64.7 Å². The summed E-state index contributed by atoms with van der Waals surface area (Å²) in [7, 11) is 4.03. The average molecular weight is 409 g/mol. The molecule has 30 heavy (non-hydrogen) atoms. The minimum absolute atomic E-state index is 0.0575. The molecule has 0 unspecified atom stereocenters. The summed E-state index contributed by atoms with van der Waals surface area (Å²) < 4.78 is 0. The lowest BCUT2D eigenvalue weighted by Gasteiger charge is -2.28. The molecule has 0 aliphatic carbocycles. The zero-order valence-corrected chi connectivity index (χ0v) is 18.4. The maximum Gasteiger partial charge on any atom is 0.313 e. The zero-order valence-electron chi connectivity index (χ0n) is 18.4. The second-order valence-electron chi connectivity index (χ2n) is 8.21. The van der Waals surface area contributed by atoms with Crippen LogP contribution in [0.1, 0.15) is 35.6 Å². The van der Waals surface area contributed by atoms with Crippen LogP contribution in [0.3, 0.4) is 0 Å². The van der Waals surface area contributed by atoms with Crippen LogP contribution in [0.4, 0.5) is 11.4 Å². The van der Waals surface area contributed by atoms with Gasteiger partial charge in [0.15, 0.2) is 0 Å². The number of rotatable bonds is 6. The molecule has 6 nitrogen and oxygen atoms in total. The van der Waals surface area contributed by atoms with Crippen LogP contribution < -0.4 is 15.5 Å². The summed E-state index contributed by atoms with van der Waals surface area (Å²) in [4.78, 5) is 29.2. The summed E-state index contributed by atoms with van der Waals surface area (Å²) in [5.41, 5.74) is 5.14. The van der Waals surface area contributed by atoms with Gasteiger partial charge in [-0.15, -0.1) is 0 Å². The van der Waals surface area contributed by atoms with Gasteiger partial charge in [-0.05, 0) is 80.7 Å². The van der Waals surface area contributed by atoms with Crippen LogP contribution in [-0.4, -0.2) is 50.4 Å². The molecule has 1 aliphatic heterocycles. The minimum Gasteiger partial charge on any atom is -0.378 e. The minimum atomic E-state index is -0.638. The number of hydrogen-bond donors (Lipinski definition) is 2. The lowest BCUT2D eigenvalue weighted by atomic mass is 10.0. The summed E-state index contributed by atoms with van der Waals surface area (Å²) >= 11 is 0. The van der Waals surface area contributed by atoms with Gasteiger partial charge in [-0.1, -0.05) is 18.2 Å². The molecule has 2 N–H and O–H groups in total. The highest BCUT2D eigenvalue weighted by molar-refractivity contribution is 6.39. The Morgan fingerprint density at radius 3 is 2.23 bits per heavy atom. The highest BCUT2D eigenvalue weighted by Gasteiger charge is 2.25. The van der Waals surface area contributed by atoms with E-state index < -0.39 is 11.8 Å². The van der Waals surface area contributed by atoms with E-state index in [9.17, 15) is 9.59 Å². The van der Waals surface area contributed by atoms with Crippen molar-refractivity contribution in [3.63, 3.8) is 0 Å². The Morgan fingerprint density at radius 1 is 0.967 bits per heavy atom. The first-order valence-corrected chi connectivity index (χ1v) is 10.5. The third-order valence-corrected chi connectivity index (χ3v) is 5.80. The number of aryl methyl sites for hydroxylation is 2. The van der Waals surface area contributed by atoms with Gasteiger partial charge in [0.1, 0.15) is 0 Å². The lowest BCUT2D eigenvalue weighted by Crippen LogP contribution is -2.41. The second-order valence-corrected chi connectivity index (χ2v) is 8.21. The highest BCUT2D eigenvalue weighted by Crippen LogP contribution is 2.26. The van der Waals surface area contributed by atoms with Gasteiger partial charge in [0.05, 0.1) is 6.04 Å². The lowest BCUT2D eigenvalue weighted by molar-refractivity contribution is -0.136. The van der Waals surface area contributed by atoms with Crippen molar-refractivity contribution in [3.05, 3.63) is 59.2 Å². The van der Waals surface area contributed by atoms with E-state index in [4.69, 9.17) is 0 Å². The molecule has 6 heteroatoms. The molecule has 1 fully saturated rings. The van der Waals surface area contributed by atoms with Crippen molar-refractivity contribution in [2.75, 3.05) is 43.9 Å². The Morgan fingerprint density at radius 2 is 1.63 bits per heavy atom. The van der Waals surface area contributed by atoms with Gasteiger partial charge in [-0.3, -0.25) is 14.5 Å². The van der Waals surface area contributed by atoms with Gasteiger partial charge in [0, 0.05) is 32.0 Å². The molecule has 0 aromatic heterocycles. The van der Waals surface area contributed by atoms with Crippen molar-refractivity contribution in [2.24, 2.45) is 0 Å². The molecule has 2 amide bonds. The Balaban J connectivity index is 1.64. The Hall–Kier alpha value is -2.86. The monoisotopic (exact) mass is 408 g/mol. The van der Waals surface area contributed by atoms with Gasteiger partial charge in [-0.2, -0.15) is 0 Å². The fourth-order valence-electron chi connectivity index (χ4n) is 3.78. The van der Waals surface area contributed by atoms with Crippen LogP contribution in [0.2, 0.25) is 0 Å². The molecule has 1 aliphatic rings.